The number of hydrogen-bond donors (Lipinski definition) is 2. The van der Waals surface area contributed by atoms with Crippen molar-refractivity contribution >= 4 is 11.9 Å². The van der Waals surface area contributed by atoms with Gasteiger partial charge in [-0.2, -0.15) is 0 Å². The van der Waals surface area contributed by atoms with Crippen molar-refractivity contribution in [1.82, 2.24) is 10.2 Å². The summed E-state index contributed by atoms with van der Waals surface area (Å²) in [7, 11) is 3.93. The van der Waals surface area contributed by atoms with Crippen LogP contribution in [0.15, 0.2) is 0 Å². The number of carboxylic acids is 1. The van der Waals surface area contributed by atoms with E-state index in [4.69, 9.17) is 5.11 Å². The van der Waals surface area contributed by atoms with E-state index in [1.165, 1.54) is 0 Å². The van der Waals surface area contributed by atoms with Gasteiger partial charge in [0.15, 0.2) is 0 Å². The van der Waals surface area contributed by atoms with Gasteiger partial charge >= 0.3 is 5.97 Å². The average Bonchev–Trinajstić information content (AvgIpc) is 2.95. The zero-order valence-corrected chi connectivity index (χ0v) is 10.1. The Kier molecular flexibility index (Phi) is 3.91. The Labute approximate surface area is 95.8 Å². The van der Waals surface area contributed by atoms with E-state index in [2.05, 4.69) is 5.32 Å². The molecule has 0 aliphatic heterocycles. The summed E-state index contributed by atoms with van der Waals surface area (Å²) in [5.74, 6) is -1.32. The van der Waals surface area contributed by atoms with Crippen LogP contribution < -0.4 is 5.32 Å². The predicted octanol–water partition coefficient (Wildman–Crippen LogP) is 0.308. The van der Waals surface area contributed by atoms with E-state index < -0.39 is 11.4 Å². The maximum absolute atomic E-state index is 11.7. The molecule has 5 nitrogen and oxygen atoms in total. The summed E-state index contributed by atoms with van der Waals surface area (Å²) < 4.78 is 0. The minimum absolute atomic E-state index is 0.0201. The van der Waals surface area contributed by atoms with Crippen LogP contribution in [0.1, 0.15) is 26.2 Å². The minimum Gasteiger partial charge on any atom is -0.480 e. The van der Waals surface area contributed by atoms with Crippen molar-refractivity contribution < 1.29 is 14.7 Å². The average molecular weight is 228 g/mol. The Morgan fingerprint density at radius 1 is 1.44 bits per heavy atom. The number of hydrogen-bond acceptors (Lipinski definition) is 3. The Bertz CT molecular complexity index is 285. The predicted molar refractivity (Wildman–Crippen MR) is 60.1 cm³/mol. The highest BCUT2D eigenvalue weighted by atomic mass is 16.4. The standard InChI is InChI=1S/C11H20N2O3/c1-8(4-7-13(2)3)12-9(14)11(5-6-11)10(15)16/h8H,4-7H2,1-3H3,(H,12,14)(H,15,16). The second-order valence-electron chi connectivity index (χ2n) is 4.85. The van der Waals surface area contributed by atoms with Crippen molar-refractivity contribution in [3.05, 3.63) is 0 Å². The van der Waals surface area contributed by atoms with E-state index in [1.807, 2.05) is 25.9 Å². The molecule has 0 bridgehead atoms. The highest BCUT2D eigenvalue weighted by Crippen LogP contribution is 2.46. The second kappa shape index (κ2) is 4.82. The van der Waals surface area contributed by atoms with Crippen molar-refractivity contribution in [2.45, 2.75) is 32.2 Å². The van der Waals surface area contributed by atoms with Gasteiger partial charge in [-0.3, -0.25) is 9.59 Å². The van der Waals surface area contributed by atoms with Crippen LogP contribution in [0.2, 0.25) is 0 Å². The van der Waals surface area contributed by atoms with Gasteiger partial charge < -0.3 is 15.3 Å². The number of aliphatic carboxylic acids is 1. The number of rotatable bonds is 6. The summed E-state index contributed by atoms with van der Waals surface area (Å²) >= 11 is 0. The molecule has 1 rings (SSSR count). The zero-order chi connectivity index (χ0) is 12.3. The van der Waals surface area contributed by atoms with Gasteiger partial charge in [-0.1, -0.05) is 0 Å². The zero-order valence-electron chi connectivity index (χ0n) is 10.1. The summed E-state index contributed by atoms with van der Waals surface area (Å²) in [6.45, 7) is 2.78. The third-order valence-corrected chi connectivity index (χ3v) is 2.98. The molecule has 1 amide bonds. The molecule has 1 aliphatic rings. The second-order valence-corrected chi connectivity index (χ2v) is 4.85. The minimum atomic E-state index is -1.12. The molecule has 0 aromatic carbocycles. The fourth-order valence-corrected chi connectivity index (χ4v) is 1.55. The molecule has 0 saturated heterocycles. The molecule has 92 valence electrons. The smallest absolute Gasteiger partial charge is 0.319 e. The molecule has 0 aromatic rings. The first kappa shape index (κ1) is 13.0. The Balaban J connectivity index is 2.37. The first-order valence-corrected chi connectivity index (χ1v) is 5.57. The summed E-state index contributed by atoms with van der Waals surface area (Å²) in [4.78, 5) is 24.7. The van der Waals surface area contributed by atoms with Crippen molar-refractivity contribution in [2.24, 2.45) is 5.41 Å². The van der Waals surface area contributed by atoms with Crippen LogP contribution >= 0.6 is 0 Å². The molecule has 0 spiro atoms. The molecule has 1 atom stereocenters. The van der Waals surface area contributed by atoms with E-state index >= 15 is 0 Å². The van der Waals surface area contributed by atoms with Crippen molar-refractivity contribution in [3.8, 4) is 0 Å². The Hall–Kier alpha value is -1.10. The highest BCUT2D eigenvalue weighted by molar-refractivity contribution is 6.04. The molecule has 1 saturated carbocycles. The number of carboxylic acid groups (broad SMARTS) is 1. The van der Waals surface area contributed by atoms with Crippen molar-refractivity contribution in [1.29, 1.82) is 0 Å². The molecule has 1 unspecified atom stereocenters. The van der Waals surface area contributed by atoms with Gasteiger partial charge in [-0.05, 0) is 46.8 Å². The van der Waals surface area contributed by atoms with E-state index in [9.17, 15) is 9.59 Å². The molecule has 0 radical (unpaired) electrons. The van der Waals surface area contributed by atoms with Crippen LogP contribution in [0.25, 0.3) is 0 Å². The molecule has 1 aliphatic carbocycles. The molecule has 2 N–H and O–H groups in total. The maximum Gasteiger partial charge on any atom is 0.319 e. The molecule has 16 heavy (non-hydrogen) atoms. The van der Waals surface area contributed by atoms with Gasteiger partial charge in [0.2, 0.25) is 5.91 Å². The van der Waals surface area contributed by atoms with Crippen LogP contribution in [-0.4, -0.2) is 48.6 Å². The molecular formula is C11H20N2O3. The number of carbonyl (C=O) groups is 2. The first-order valence-electron chi connectivity index (χ1n) is 5.57. The van der Waals surface area contributed by atoms with Crippen molar-refractivity contribution in [2.75, 3.05) is 20.6 Å². The molecule has 1 fully saturated rings. The number of nitrogens with one attached hydrogen (secondary N) is 1. The lowest BCUT2D eigenvalue weighted by molar-refractivity contribution is -0.149. The van der Waals surface area contributed by atoms with Crippen LogP contribution in [0, 0.1) is 5.41 Å². The van der Waals surface area contributed by atoms with Gasteiger partial charge in [-0.25, -0.2) is 0 Å². The third-order valence-electron chi connectivity index (χ3n) is 2.98. The van der Waals surface area contributed by atoms with Crippen molar-refractivity contribution in [3.63, 3.8) is 0 Å². The third kappa shape index (κ3) is 2.95. The number of nitrogens with zero attached hydrogens (tertiary/aromatic N) is 1. The van der Waals surface area contributed by atoms with Gasteiger partial charge in [0.25, 0.3) is 0 Å². The monoisotopic (exact) mass is 228 g/mol. The normalized spacial score (nSPS) is 19.2. The molecule has 0 heterocycles. The van der Waals surface area contributed by atoms with Gasteiger partial charge in [0, 0.05) is 6.04 Å². The van der Waals surface area contributed by atoms with Crippen LogP contribution in [0.3, 0.4) is 0 Å². The lowest BCUT2D eigenvalue weighted by Gasteiger charge is -2.18. The maximum atomic E-state index is 11.7. The van der Waals surface area contributed by atoms with E-state index in [0.717, 1.165) is 13.0 Å². The topological polar surface area (TPSA) is 69.6 Å². The first-order chi connectivity index (χ1) is 7.38. The largest absolute Gasteiger partial charge is 0.480 e. The summed E-state index contributed by atoms with van der Waals surface area (Å²) in [5.41, 5.74) is -1.12. The molecular weight excluding hydrogens is 208 g/mol. The van der Waals surface area contributed by atoms with E-state index in [-0.39, 0.29) is 11.9 Å². The SMILES string of the molecule is CC(CCN(C)C)NC(=O)C1(C(=O)O)CC1. The van der Waals surface area contributed by atoms with E-state index in [0.29, 0.717) is 12.8 Å². The summed E-state index contributed by atoms with van der Waals surface area (Å²) in [5, 5.41) is 11.7. The van der Waals surface area contributed by atoms with Crippen LogP contribution in [0.4, 0.5) is 0 Å². The lowest BCUT2D eigenvalue weighted by atomic mass is 10.1. The summed E-state index contributed by atoms with van der Waals surface area (Å²) in [6.07, 6.45) is 1.76. The van der Waals surface area contributed by atoms with Crippen LogP contribution in [-0.2, 0) is 9.59 Å². The fourth-order valence-electron chi connectivity index (χ4n) is 1.55. The summed E-state index contributed by atoms with van der Waals surface area (Å²) in [6, 6.07) is 0.0201. The quantitative estimate of drug-likeness (QED) is 0.642. The fraction of sp³-hybridized carbons (Fsp3) is 0.818. The van der Waals surface area contributed by atoms with Gasteiger partial charge in [-0.15, -0.1) is 0 Å². The van der Waals surface area contributed by atoms with E-state index in [1.54, 1.807) is 0 Å². The molecule has 5 heteroatoms. The highest BCUT2D eigenvalue weighted by Gasteiger charge is 2.57. The lowest BCUT2D eigenvalue weighted by Crippen LogP contribution is -2.42. The number of carbonyl (C=O) groups excluding carboxylic acids is 1. The Morgan fingerprint density at radius 2 is 2.00 bits per heavy atom. The Morgan fingerprint density at radius 3 is 2.38 bits per heavy atom. The van der Waals surface area contributed by atoms with Crippen LogP contribution in [0.5, 0.6) is 0 Å². The van der Waals surface area contributed by atoms with Gasteiger partial charge in [0.05, 0.1) is 0 Å². The molecule has 0 aromatic heterocycles. The van der Waals surface area contributed by atoms with Gasteiger partial charge in [0.1, 0.15) is 5.41 Å². The number of amides is 1.